The van der Waals surface area contributed by atoms with E-state index < -0.39 is 6.10 Å². The summed E-state index contributed by atoms with van der Waals surface area (Å²) in [5, 5.41) is 12.1. The van der Waals surface area contributed by atoms with Crippen LogP contribution in [-0.2, 0) is 0 Å². The maximum atomic E-state index is 10.4. The molecule has 1 aromatic heterocycles. The summed E-state index contributed by atoms with van der Waals surface area (Å²) in [4.78, 5) is 7.89. The van der Waals surface area contributed by atoms with E-state index in [0.29, 0.717) is 11.6 Å². The van der Waals surface area contributed by atoms with Gasteiger partial charge in [0.2, 0.25) is 0 Å². The predicted octanol–water partition coefficient (Wildman–Crippen LogP) is 4.14. The SMILES string of the molecule is Cc1nc(C)c(C(C)N(C)CC(O)c2ccc(Cl)cc2)s1. The zero-order chi connectivity index (χ0) is 15.6. The van der Waals surface area contributed by atoms with Gasteiger partial charge in [-0.05, 0) is 45.5 Å². The van der Waals surface area contributed by atoms with Crippen LogP contribution in [0.5, 0.6) is 0 Å². The van der Waals surface area contributed by atoms with Gasteiger partial charge in [-0.3, -0.25) is 4.90 Å². The number of likely N-dealkylation sites (N-methyl/N-ethyl adjacent to an activating group) is 1. The summed E-state index contributed by atoms with van der Waals surface area (Å²) in [6, 6.07) is 7.58. The van der Waals surface area contributed by atoms with Gasteiger partial charge in [0.1, 0.15) is 0 Å². The van der Waals surface area contributed by atoms with E-state index in [1.54, 1.807) is 23.5 Å². The number of aromatic nitrogens is 1. The molecule has 0 spiro atoms. The van der Waals surface area contributed by atoms with E-state index in [2.05, 4.69) is 16.8 Å². The Bertz CT molecular complexity index is 597. The Morgan fingerprint density at radius 1 is 1.29 bits per heavy atom. The summed E-state index contributed by atoms with van der Waals surface area (Å²) >= 11 is 7.60. The smallest absolute Gasteiger partial charge is 0.0917 e. The number of hydrogen-bond acceptors (Lipinski definition) is 4. The Morgan fingerprint density at radius 2 is 1.90 bits per heavy atom. The van der Waals surface area contributed by atoms with E-state index in [4.69, 9.17) is 11.6 Å². The van der Waals surface area contributed by atoms with Gasteiger partial charge in [-0.25, -0.2) is 4.98 Å². The zero-order valence-electron chi connectivity index (χ0n) is 12.8. The molecule has 2 unspecified atom stereocenters. The normalized spacial score (nSPS) is 14.4. The summed E-state index contributed by atoms with van der Waals surface area (Å²) < 4.78 is 0. The third kappa shape index (κ3) is 4.04. The van der Waals surface area contributed by atoms with Gasteiger partial charge in [-0.1, -0.05) is 23.7 Å². The van der Waals surface area contributed by atoms with Crippen LogP contribution in [0.2, 0.25) is 5.02 Å². The molecule has 1 aromatic carbocycles. The number of rotatable bonds is 5. The van der Waals surface area contributed by atoms with E-state index in [-0.39, 0.29) is 6.04 Å². The molecule has 114 valence electrons. The van der Waals surface area contributed by atoms with E-state index in [9.17, 15) is 5.11 Å². The van der Waals surface area contributed by atoms with Crippen molar-refractivity contribution >= 4 is 22.9 Å². The first-order chi connectivity index (χ1) is 9.88. The van der Waals surface area contributed by atoms with Crippen LogP contribution in [0.3, 0.4) is 0 Å². The molecule has 1 N–H and O–H groups in total. The first kappa shape index (κ1) is 16.4. The van der Waals surface area contributed by atoms with Gasteiger partial charge in [0.15, 0.2) is 0 Å². The highest BCUT2D eigenvalue weighted by Gasteiger charge is 2.20. The van der Waals surface area contributed by atoms with Crippen molar-refractivity contribution in [1.29, 1.82) is 0 Å². The zero-order valence-corrected chi connectivity index (χ0v) is 14.4. The number of aliphatic hydroxyl groups excluding tert-OH is 1. The molecule has 0 aliphatic heterocycles. The molecule has 5 heteroatoms. The number of hydrogen-bond donors (Lipinski definition) is 1. The Balaban J connectivity index is 2.04. The van der Waals surface area contributed by atoms with Crippen LogP contribution in [0.4, 0.5) is 0 Å². The van der Waals surface area contributed by atoms with Gasteiger partial charge in [-0.15, -0.1) is 11.3 Å². The van der Waals surface area contributed by atoms with E-state index in [1.165, 1.54) is 4.88 Å². The largest absolute Gasteiger partial charge is 0.387 e. The molecule has 2 aromatic rings. The molecule has 2 atom stereocenters. The van der Waals surface area contributed by atoms with Crippen molar-refractivity contribution < 1.29 is 5.11 Å². The second kappa shape index (κ2) is 6.88. The molecule has 21 heavy (non-hydrogen) atoms. The second-order valence-corrected chi connectivity index (χ2v) is 7.04. The van der Waals surface area contributed by atoms with Crippen LogP contribution < -0.4 is 0 Å². The molecule has 0 amide bonds. The number of thiazole rings is 1. The first-order valence-electron chi connectivity index (χ1n) is 6.96. The minimum Gasteiger partial charge on any atom is -0.387 e. The van der Waals surface area contributed by atoms with Crippen LogP contribution >= 0.6 is 22.9 Å². The van der Waals surface area contributed by atoms with Gasteiger partial charge in [0, 0.05) is 22.5 Å². The lowest BCUT2D eigenvalue weighted by Gasteiger charge is -2.26. The lowest BCUT2D eigenvalue weighted by Crippen LogP contribution is -2.27. The number of nitrogens with zero attached hydrogens (tertiary/aromatic N) is 2. The molecule has 0 aliphatic rings. The Hall–Kier alpha value is -0.940. The molecular formula is C16H21ClN2OS. The Kier molecular flexibility index (Phi) is 5.38. The van der Waals surface area contributed by atoms with Crippen molar-refractivity contribution in [2.24, 2.45) is 0 Å². The molecule has 0 fully saturated rings. The van der Waals surface area contributed by atoms with Gasteiger partial charge in [0.05, 0.1) is 16.8 Å². The molecule has 3 nitrogen and oxygen atoms in total. The molecule has 2 rings (SSSR count). The van der Waals surface area contributed by atoms with Crippen LogP contribution in [0.25, 0.3) is 0 Å². The predicted molar refractivity (Wildman–Crippen MR) is 89.0 cm³/mol. The summed E-state index contributed by atoms with van der Waals surface area (Å²) in [6.07, 6.45) is -0.524. The third-order valence-electron chi connectivity index (χ3n) is 3.70. The lowest BCUT2D eigenvalue weighted by molar-refractivity contribution is 0.109. The van der Waals surface area contributed by atoms with Crippen molar-refractivity contribution in [3.05, 3.63) is 50.4 Å². The Labute approximate surface area is 135 Å². The van der Waals surface area contributed by atoms with Gasteiger partial charge in [0.25, 0.3) is 0 Å². The maximum absolute atomic E-state index is 10.4. The van der Waals surface area contributed by atoms with Crippen molar-refractivity contribution in [3.8, 4) is 0 Å². The van der Waals surface area contributed by atoms with Gasteiger partial charge >= 0.3 is 0 Å². The maximum Gasteiger partial charge on any atom is 0.0917 e. The number of benzene rings is 1. The van der Waals surface area contributed by atoms with E-state index in [1.807, 2.05) is 33.0 Å². The van der Waals surface area contributed by atoms with Crippen molar-refractivity contribution in [2.75, 3.05) is 13.6 Å². The fourth-order valence-corrected chi connectivity index (χ4v) is 3.53. The van der Waals surface area contributed by atoms with Gasteiger partial charge in [-0.2, -0.15) is 0 Å². The summed E-state index contributed by atoms with van der Waals surface area (Å²) in [5.74, 6) is 0. The quantitative estimate of drug-likeness (QED) is 0.898. The van der Waals surface area contributed by atoms with Crippen LogP contribution in [0, 0.1) is 13.8 Å². The molecule has 0 saturated carbocycles. The summed E-state index contributed by atoms with van der Waals surface area (Å²) in [5.41, 5.74) is 1.97. The highest BCUT2D eigenvalue weighted by molar-refractivity contribution is 7.11. The van der Waals surface area contributed by atoms with Crippen molar-refractivity contribution in [3.63, 3.8) is 0 Å². The molecule has 0 radical (unpaired) electrons. The molecule has 0 bridgehead atoms. The lowest BCUT2D eigenvalue weighted by atomic mass is 10.1. The second-order valence-electron chi connectivity index (χ2n) is 5.37. The highest BCUT2D eigenvalue weighted by Crippen LogP contribution is 2.29. The van der Waals surface area contributed by atoms with Crippen molar-refractivity contribution in [2.45, 2.75) is 32.9 Å². The number of aliphatic hydroxyl groups is 1. The molecular weight excluding hydrogens is 304 g/mol. The minimum atomic E-state index is -0.524. The van der Waals surface area contributed by atoms with Gasteiger partial charge < -0.3 is 5.11 Å². The summed E-state index contributed by atoms with van der Waals surface area (Å²) in [6.45, 7) is 6.78. The van der Waals surface area contributed by atoms with E-state index in [0.717, 1.165) is 16.3 Å². The Morgan fingerprint density at radius 3 is 2.43 bits per heavy atom. The standard InChI is InChI=1S/C16H21ClN2OS/c1-10-16(21-12(3)18-10)11(2)19(4)9-15(20)13-5-7-14(17)8-6-13/h5-8,11,15,20H,9H2,1-4H3. The van der Waals surface area contributed by atoms with E-state index >= 15 is 0 Å². The number of aryl methyl sites for hydroxylation is 2. The molecule has 1 heterocycles. The molecule has 0 saturated heterocycles. The monoisotopic (exact) mass is 324 g/mol. The topological polar surface area (TPSA) is 36.4 Å². The molecule has 0 aliphatic carbocycles. The van der Waals surface area contributed by atoms with Crippen LogP contribution in [-0.4, -0.2) is 28.6 Å². The van der Waals surface area contributed by atoms with Crippen molar-refractivity contribution in [1.82, 2.24) is 9.88 Å². The fraction of sp³-hybridized carbons (Fsp3) is 0.438. The first-order valence-corrected chi connectivity index (χ1v) is 8.15. The average molecular weight is 325 g/mol. The average Bonchev–Trinajstić information content (AvgIpc) is 2.77. The highest BCUT2D eigenvalue weighted by atomic mass is 35.5. The fourth-order valence-electron chi connectivity index (χ4n) is 2.36. The van der Waals surface area contributed by atoms with Crippen LogP contribution in [0.15, 0.2) is 24.3 Å². The van der Waals surface area contributed by atoms with Crippen LogP contribution in [0.1, 0.15) is 40.2 Å². The minimum absolute atomic E-state index is 0.234. The third-order valence-corrected chi connectivity index (χ3v) is 5.19. The number of halogens is 1. The summed E-state index contributed by atoms with van der Waals surface area (Å²) in [7, 11) is 2.03.